The molecule has 0 spiro atoms. The number of fused-ring (bicyclic) bond motifs is 1. The number of nitrogens with zero attached hydrogens (tertiary/aromatic N) is 2. The zero-order valence-corrected chi connectivity index (χ0v) is 19.4. The molecule has 2 aliphatic rings. The van der Waals surface area contributed by atoms with Gasteiger partial charge >= 0.3 is 0 Å². The van der Waals surface area contributed by atoms with E-state index in [0.717, 1.165) is 24.9 Å². The Balaban J connectivity index is 1.56. The number of rotatable bonds is 6. The van der Waals surface area contributed by atoms with Crippen LogP contribution in [0.1, 0.15) is 34.3 Å². The minimum absolute atomic E-state index is 0.0787. The highest BCUT2D eigenvalue weighted by Gasteiger charge is 2.36. The number of benzene rings is 2. The molecule has 0 bridgehead atoms. The third-order valence-electron chi connectivity index (χ3n) is 6.31. The predicted molar refractivity (Wildman–Crippen MR) is 125 cm³/mol. The van der Waals surface area contributed by atoms with E-state index >= 15 is 0 Å². The van der Waals surface area contributed by atoms with Gasteiger partial charge in [-0.25, -0.2) is 0 Å². The average Bonchev–Trinajstić information content (AvgIpc) is 3.43. The fourth-order valence-electron chi connectivity index (χ4n) is 4.49. The summed E-state index contributed by atoms with van der Waals surface area (Å²) in [5.41, 5.74) is 4.06. The summed E-state index contributed by atoms with van der Waals surface area (Å²) in [6.45, 7) is 0.299. The number of amides is 3. The molecule has 1 heterocycles. The molecule has 1 N–H and O–H groups in total. The Labute approximate surface area is 193 Å². The quantitative estimate of drug-likeness (QED) is 0.730. The Morgan fingerprint density at radius 1 is 1.03 bits per heavy atom. The van der Waals surface area contributed by atoms with Crippen LogP contribution in [0.5, 0.6) is 11.5 Å². The molecule has 2 aromatic carbocycles. The Morgan fingerprint density at radius 2 is 1.73 bits per heavy atom. The van der Waals surface area contributed by atoms with Crippen LogP contribution in [0.2, 0.25) is 0 Å². The maximum Gasteiger partial charge on any atom is 0.255 e. The van der Waals surface area contributed by atoms with E-state index in [1.54, 1.807) is 31.1 Å². The average molecular weight is 452 g/mol. The summed E-state index contributed by atoms with van der Waals surface area (Å²) in [7, 11) is 6.24. The van der Waals surface area contributed by atoms with Crippen LogP contribution in [0.4, 0.5) is 11.4 Å². The lowest BCUT2D eigenvalue weighted by atomic mass is 10.1. The third-order valence-corrected chi connectivity index (χ3v) is 6.31. The van der Waals surface area contributed by atoms with Crippen LogP contribution < -0.4 is 19.7 Å². The number of aryl methyl sites for hydroxylation is 2. The molecule has 1 atom stereocenters. The number of carbonyl (C=O) groups is 3. The van der Waals surface area contributed by atoms with Crippen molar-refractivity contribution >= 4 is 29.1 Å². The first-order valence-electron chi connectivity index (χ1n) is 11.0. The van der Waals surface area contributed by atoms with Crippen LogP contribution in [0, 0.1) is 5.92 Å². The summed E-state index contributed by atoms with van der Waals surface area (Å²) in [4.78, 5) is 41.7. The maximum absolute atomic E-state index is 13.1. The number of carbonyl (C=O) groups excluding carboxylic acids is 3. The molecule has 174 valence electrons. The SMILES string of the molecule is COc1cc(NC(=O)C2CC(=O)N(c3ccc4c(c3)CCC4)C2)c(C(=O)N(C)C)cc1OC. The lowest BCUT2D eigenvalue weighted by molar-refractivity contribution is -0.122. The zero-order chi connectivity index (χ0) is 23.7. The molecule has 1 saturated heterocycles. The van der Waals surface area contributed by atoms with Crippen molar-refractivity contribution in [3.05, 3.63) is 47.0 Å². The van der Waals surface area contributed by atoms with Crippen molar-refractivity contribution in [2.45, 2.75) is 25.7 Å². The number of hydrogen-bond donors (Lipinski definition) is 1. The highest BCUT2D eigenvalue weighted by molar-refractivity contribution is 6.07. The minimum atomic E-state index is -0.527. The molecule has 1 aliphatic heterocycles. The van der Waals surface area contributed by atoms with Gasteiger partial charge in [-0.1, -0.05) is 6.07 Å². The highest BCUT2D eigenvalue weighted by Crippen LogP contribution is 2.35. The smallest absolute Gasteiger partial charge is 0.255 e. The normalized spacial score (nSPS) is 17.0. The molecule has 0 radical (unpaired) electrons. The molecule has 8 heteroatoms. The zero-order valence-electron chi connectivity index (χ0n) is 19.4. The van der Waals surface area contributed by atoms with E-state index in [0.29, 0.717) is 23.7 Å². The van der Waals surface area contributed by atoms with E-state index in [1.807, 2.05) is 6.07 Å². The number of methoxy groups -OCH3 is 2. The van der Waals surface area contributed by atoms with Crippen LogP contribution in [0.15, 0.2) is 30.3 Å². The van der Waals surface area contributed by atoms with Gasteiger partial charge in [0.15, 0.2) is 11.5 Å². The van der Waals surface area contributed by atoms with Crippen molar-refractivity contribution in [1.82, 2.24) is 4.90 Å². The molecular formula is C25H29N3O5. The fourth-order valence-corrected chi connectivity index (χ4v) is 4.49. The summed E-state index contributed by atoms with van der Waals surface area (Å²) in [5.74, 6) is -0.420. The minimum Gasteiger partial charge on any atom is -0.493 e. The predicted octanol–water partition coefficient (Wildman–Crippen LogP) is 2.89. The summed E-state index contributed by atoms with van der Waals surface area (Å²) >= 11 is 0. The second kappa shape index (κ2) is 9.13. The van der Waals surface area contributed by atoms with Crippen molar-refractivity contribution in [2.24, 2.45) is 5.92 Å². The monoisotopic (exact) mass is 451 g/mol. The van der Waals surface area contributed by atoms with Crippen molar-refractivity contribution in [3.8, 4) is 11.5 Å². The standard InChI is InChI=1S/C25H29N3O5/c1-27(2)25(31)19-12-21(32-3)22(33-4)13-20(19)26-24(30)17-11-23(29)28(14-17)18-9-8-15-6-5-7-16(15)10-18/h8-10,12-13,17H,5-7,11,14H2,1-4H3,(H,26,30). The van der Waals surface area contributed by atoms with Crippen molar-refractivity contribution < 1.29 is 23.9 Å². The van der Waals surface area contributed by atoms with E-state index < -0.39 is 5.92 Å². The molecule has 1 fully saturated rings. The first kappa shape index (κ1) is 22.6. The van der Waals surface area contributed by atoms with Gasteiger partial charge in [0.25, 0.3) is 5.91 Å². The molecule has 33 heavy (non-hydrogen) atoms. The van der Waals surface area contributed by atoms with Gasteiger partial charge in [-0.15, -0.1) is 0 Å². The molecular weight excluding hydrogens is 422 g/mol. The van der Waals surface area contributed by atoms with Crippen LogP contribution >= 0.6 is 0 Å². The van der Waals surface area contributed by atoms with E-state index in [4.69, 9.17) is 9.47 Å². The van der Waals surface area contributed by atoms with Crippen LogP contribution in [0.3, 0.4) is 0 Å². The lowest BCUT2D eigenvalue weighted by Crippen LogP contribution is -2.29. The van der Waals surface area contributed by atoms with E-state index in [2.05, 4.69) is 17.4 Å². The Kier molecular flexibility index (Phi) is 6.26. The van der Waals surface area contributed by atoms with Gasteiger partial charge in [-0.05, 0) is 48.6 Å². The summed E-state index contributed by atoms with van der Waals surface area (Å²) in [6, 6.07) is 9.24. The maximum atomic E-state index is 13.1. The highest BCUT2D eigenvalue weighted by atomic mass is 16.5. The molecule has 0 aromatic heterocycles. The van der Waals surface area contributed by atoms with Crippen LogP contribution in [0.25, 0.3) is 0 Å². The summed E-state index contributed by atoms with van der Waals surface area (Å²) < 4.78 is 10.7. The first-order valence-corrected chi connectivity index (χ1v) is 11.0. The van der Waals surface area contributed by atoms with Gasteiger partial charge < -0.3 is 24.6 Å². The topological polar surface area (TPSA) is 88.2 Å². The largest absolute Gasteiger partial charge is 0.493 e. The Hall–Kier alpha value is -3.55. The number of anilines is 2. The van der Waals surface area contributed by atoms with E-state index in [-0.39, 0.29) is 29.7 Å². The van der Waals surface area contributed by atoms with E-state index in [1.165, 1.54) is 30.2 Å². The molecule has 1 aliphatic carbocycles. The second-order valence-corrected chi connectivity index (χ2v) is 8.65. The molecule has 4 rings (SSSR count). The number of hydrogen-bond acceptors (Lipinski definition) is 5. The molecule has 8 nitrogen and oxygen atoms in total. The van der Waals surface area contributed by atoms with Gasteiger partial charge in [-0.2, -0.15) is 0 Å². The van der Waals surface area contributed by atoms with Crippen LogP contribution in [-0.2, 0) is 22.4 Å². The first-order chi connectivity index (χ1) is 15.8. The Morgan fingerprint density at radius 3 is 2.42 bits per heavy atom. The van der Waals surface area contributed by atoms with Crippen molar-refractivity contribution in [2.75, 3.05) is 45.1 Å². The van der Waals surface area contributed by atoms with Gasteiger partial charge in [-0.3, -0.25) is 14.4 Å². The fraction of sp³-hybridized carbons (Fsp3) is 0.400. The number of ether oxygens (including phenoxy) is 2. The van der Waals surface area contributed by atoms with Crippen LogP contribution in [-0.4, -0.2) is 57.5 Å². The van der Waals surface area contributed by atoms with Gasteiger partial charge in [0.05, 0.1) is 31.4 Å². The lowest BCUT2D eigenvalue weighted by Gasteiger charge is -2.20. The second-order valence-electron chi connectivity index (χ2n) is 8.65. The molecule has 2 aromatic rings. The van der Waals surface area contributed by atoms with Gasteiger partial charge in [0.2, 0.25) is 11.8 Å². The number of nitrogens with one attached hydrogen (secondary N) is 1. The van der Waals surface area contributed by atoms with Crippen molar-refractivity contribution in [3.63, 3.8) is 0 Å². The molecule has 0 saturated carbocycles. The van der Waals surface area contributed by atoms with Gasteiger partial charge in [0.1, 0.15) is 0 Å². The van der Waals surface area contributed by atoms with Gasteiger partial charge in [0, 0.05) is 38.8 Å². The summed E-state index contributed by atoms with van der Waals surface area (Å²) in [6.07, 6.45) is 3.36. The van der Waals surface area contributed by atoms with E-state index in [9.17, 15) is 14.4 Å². The molecule has 3 amide bonds. The van der Waals surface area contributed by atoms with Crippen molar-refractivity contribution in [1.29, 1.82) is 0 Å². The summed E-state index contributed by atoms with van der Waals surface area (Å²) in [5, 5.41) is 2.85. The third kappa shape index (κ3) is 4.37. The molecule has 1 unspecified atom stereocenters. The Bertz CT molecular complexity index is 1110.